The van der Waals surface area contributed by atoms with Crippen molar-refractivity contribution in [1.29, 1.82) is 0 Å². The van der Waals surface area contributed by atoms with Gasteiger partial charge in [-0.15, -0.1) is 11.8 Å². The number of carboxylic acid groups (broad SMARTS) is 1. The minimum atomic E-state index is -4.04. The maximum absolute atomic E-state index is 14.2. The summed E-state index contributed by atoms with van der Waals surface area (Å²) >= 11 is 1.43. The smallest absolute Gasteiger partial charge is 0.309 e. The van der Waals surface area contributed by atoms with Gasteiger partial charge in [-0.1, -0.05) is 48.4 Å². The van der Waals surface area contributed by atoms with Crippen LogP contribution >= 0.6 is 11.8 Å². The highest BCUT2D eigenvalue weighted by Crippen LogP contribution is 2.52. The number of thioether (sulfide) groups is 1. The third-order valence-corrected chi connectivity index (χ3v) is 10.4. The third-order valence-electron chi connectivity index (χ3n) is 7.01. The van der Waals surface area contributed by atoms with Gasteiger partial charge in [-0.3, -0.25) is 4.79 Å². The highest BCUT2D eigenvalue weighted by Gasteiger charge is 2.57. The minimum absolute atomic E-state index is 0.0701. The molecule has 37 heavy (non-hydrogen) atoms. The van der Waals surface area contributed by atoms with Crippen LogP contribution in [0.3, 0.4) is 0 Å². The van der Waals surface area contributed by atoms with Gasteiger partial charge < -0.3 is 14.6 Å². The molecule has 1 saturated heterocycles. The van der Waals surface area contributed by atoms with Crippen molar-refractivity contribution in [2.75, 3.05) is 6.79 Å². The molecule has 0 amide bonds. The van der Waals surface area contributed by atoms with Crippen LogP contribution in [0, 0.1) is 19.8 Å². The summed E-state index contributed by atoms with van der Waals surface area (Å²) in [6, 6.07) is 18.3. The maximum atomic E-state index is 14.2. The van der Waals surface area contributed by atoms with E-state index in [-0.39, 0.29) is 11.7 Å². The number of hydrogen-bond donors (Lipinski definition) is 1. The summed E-state index contributed by atoms with van der Waals surface area (Å²) < 4.78 is 40.9. The van der Waals surface area contributed by atoms with Gasteiger partial charge >= 0.3 is 5.97 Å². The first kappa shape index (κ1) is 25.6. The molecule has 5 rings (SSSR count). The lowest BCUT2D eigenvalue weighted by molar-refractivity contribution is -0.142. The second-order valence-corrected chi connectivity index (χ2v) is 12.5. The SMILES string of the molecule is CC[C@@H]1[C@@H](Sc2ccc(C)cc2)[C@@H](C(=O)O)[C@H](c2ccc3c(c2)OCO3)N1S(=O)(=O)c1ccc(C)cc1. The Kier molecular flexibility index (Phi) is 6.95. The molecule has 0 saturated carbocycles. The molecular formula is C28H29NO6S2. The number of fused-ring (bicyclic) bond motifs is 1. The van der Waals surface area contributed by atoms with E-state index in [1.807, 2.05) is 45.0 Å². The molecule has 9 heteroatoms. The Bertz CT molecular complexity index is 1410. The zero-order valence-electron chi connectivity index (χ0n) is 20.8. The summed E-state index contributed by atoms with van der Waals surface area (Å²) in [7, 11) is -4.04. The molecule has 7 nitrogen and oxygen atoms in total. The van der Waals surface area contributed by atoms with E-state index in [0.29, 0.717) is 23.5 Å². The molecule has 2 aliphatic rings. The molecule has 0 unspecified atom stereocenters. The summed E-state index contributed by atoms with van der Waals surface area (Å²) in [5, 5.41) is 10.0. The van der Waals surface area contributed by atoms with Gasteiger partial charge in [0.05, 0.1) is 16.9 Å². The Labute approximate surface area is 221 Å². The van der Waals surface area contributed by atoms with Crippen molar-refractivity contribution in [3.05, 3.63) is 83.4 Å². The summed E-state index contributed by atoms with van der Waals surface area (Å²) in [6.45, 7) is 5.86. The molecule has 4 atom stereocenters. The number of nitrogens with zero attached hydrogens (tertiary/aromatic N) is 1. The number of aryl methyl sites for hydroxylation is 2. The Morgan fingerprint density at radius 2 is 1.59 bits per heavy atom. The van der Waals surface area contributed by atoms with E-state index in [1.54, 1.807) is 42.5 Å². The van der Waals surface area contributed by atoms with Gasteiger partial charge in [0.25, 0.3) is 0 Å². The molecule has 0 aromatic heterocycles. The Morgan fingerprint density at radius 3 is 2.22 bits per heavy atom. The molecule has 194 valence electrons. The van der Waals surface area contributed by atoms with Crippen molar-refractivity contribution in [1.82, 2.24) is 4.31 Å². The van der Waals surface area contributed by atoms with Crippen molar-refractivity contribution in [2.24, 2.45) is 5.92 Å². The van der Waals surface area contributed by atoms with E-state index < -0.39 is 39.2 Å². The second-order valence-electron chi connectivity index (χ2n) is 9.44. The van der Waals surface area contributed by atoms with Crippen LogP contribution in [-0.4, -0.2) is 41.9 Å². The molecule has 1 N–H and O–H groups in total. The number of rotatable bonds is 7. The predicted octanol–water partition coefficient (Wildman–Crippen LogP) is 5.42. The molecule has 1 fully saturated rings. The van der Waals surface area contributed by atoms with Crippen molar-refractivity contribution < 1.29 is 27.8 Å². The number of ether oxygens (including phenoxy) is 2. The lowest BCUT2D eigenvalue weighted by Crippen LogP contribution is -2.39. The van der Waals surface area contributed by atoms with Gasteiger partial charge in [-0.25, -0.2) is 8.42 Å². The molecule has 2 heterocycles. The topological polar surface area (TPSA) is 93.1 Å². The molecule has 2 aliphatic heterocycles. The molecular weight excluding hydrogens is 510 g/mol. The van der Waals surface area contributed by atoms with Gasteiger partial charge in [0.15, 0.2) is 11.5 Å². The van der Waals surface area contributed by atoms with Gasteiger partial charge in [0.1, 0.15) is 0 Å². The van der Waals surface area contributed by atoms with Crippen LogP contribution < -0.4 is 9.47 Å². The van der Waals surface area contributed by atoms with Crippen LogP contribution in [0.4, 0.5) is 0 Å². The quantitative estimate of drug-likeness (QED) is 0.429. The Hall–Kier alpha value is -3.01. The van der Waals surface area contributed by atoms with Crippen molar-refractivity contribution in [3.63, 3.8) is 0 Å². The van der Waals surface area contributed by atoms with E-state index >= 15 is 0 Å². The average Bonchev–Trinajstić information content (AvgIpc) is 3.47. The fraction of sp³-hybridized carbons (Fsp3) is 0.321. The van der Waals surface area contributed by atoms with Crippen LogP contribution in [0.2, 0.25) is 0 Å². The first-order chi connectivity index (χ1) is 17.7. The average molecular weight is 540 g/mol. The number of carboxylic acids is 1. The van der Waals surface area contributed by atoms with Gasteiger partial charge in [0, 0.05) is 16.2 Å². The van der Waals surface area contributed by atoms with Crippen LogP contribution in [0.25, 0.3) is 0 Å². The van der Waals surface area contributed by atoms with E-state index in [1.165, 1.54) is 16.1 Å². The largest absolute Gasteiger partial charge is 0.481 e. The standard InChI is InChI=1S/C28H29NO6S2/c1-4-22-27(36-20-10-5-17(2)6-11-20)25(28(30)31)26(19-9-14-23-24(15-19)35-16-34-23)29(22)37(32,33)21-12-7-18(3)8-13-21/h5-15,22,25-27H,4,16H2,1-3H3,(H,30,31)/t22-,25+,26+,27-/m1/s1. The maximum Gasteiger partial charge on any atom is 0.309 e. The first-order valence-electron chi connectivity index (χ1n) is 12.2. The fourth-order valence-corrected chi connectivity index (χ4v) is 8.64. The zero-order chi connectivity index (χ0) is 26.3. The molecule has 0 bridgehead atoms. The Balaban J connectivity index is 1.67. The zero-order valence-corrected chi connectivity index (χ0v) is 22.5. The summed E-state index contributed by atoms with van der Waals surface area (Å²) in [5.41, 5.74) is 2.60. The highest BCUT2D eigenvalue weighted by atomic mass is 32.2. The number of aliphatic carboxylic acids is 1. The van der Waals surface area contributed by atoms with E-state index in [9.17, 15) is 18.3 Å². The van der Waals surface area contributed by atoms with E-state index in [0.717, 1.165) is 16.0 Å². The lowest BCUT2D eigenvalue weighted by atomic mass is 9.92. The Morgan fingerprint density at radius 1 is 0.973 bits per heavy atom. The normalized spacial score (nSPS) is 23.3. The summed E-state index contributed by atoms with van der Waals surface area (Å²) in [5.74, 6) is -0.986. The molecule has 3 aromatic rings. The number of carbonyl (C=O) groups is 1. The summed E-state index contributed by atoms with van der Waals surface area (Å²) in [6.07, 6.45) is 0.458. The monoisotopic (exact) mass is 539 g/mol. The number of hydrogen-bond acceptors (Lipinski definition) is 6. The van der Waals surface area contributed by atoms with E-state index in [2.05, 4.69) is 0 Å². The van der Waals surface area contributed by atoms with Crippen molar-refractivity contribution >= 4 is 27.8 Å². The predicted molar refractivity (Wildman–Crippen MR) is 142 cm³/mol. The van der Waals surface area contributed by atoms with Crippen molar-refractivity contribution in [3.8, 4) is 11.5 Å². The minimum Gasteiger partial charge on any atom is -0.481 e. The van der Waals surface area contributed by atoms with E-state index in [4.69, 9.17) is 9.47 Å². The number of benzene rings is 3. The van der Waals surface area contributed by atoms with Crippen molar-refractivity contribution in [2.45, 2.75) is 54.3 Å². The number of sulfonamides is 1. The third kappa shape index (κ3) is 4.71. The van der Waals surface area contributed by atoms with Crippen LogP contribution in [-0.2, 0) is 14.8 Å². The van der Waals surface area contributed by atoms with Gasteiger partial charge in [-0.05, 0) is 62.2 Å². The van der Waals surface area contributed by atoms with Crippen LogP contribution in [0.15, 0.2) is 76.5 Å². The molecule has 0 aliphatic carbocycles. The van der Waals surface area contributed by atoms with Gasteiger partial charge in [-0.2, -0.15) is 4.31 Å². The van der Waals surface area contributed by atoms with Crippen LogP contribution in [0.5, 0.6) is 11.5 Å². The highest BCUT2D eigenvalue weighted by molar-refractivity contribution is 8.00. The fourth-order valence-electron chi connectivity index (χ4n) is 5.15. The molecule has 0 radical (unpaired) electrons. The molecule has 0 spiro atoms. The van der Waals surface area contributed by atoms with Crippen LogP contribution in [0.1, 0.15) is 36.1 Å². The summed E-state index contributed by atoms with van der Waals surface area (Å²) in [4.78, 5) is 13.9. The van der Waals surface area contributed by atoms with Gasteiger partial charge in [0.2, 0.25) is 16.8 Å². The molecule has 3 aromatic carbocycles. The first-order valence-corrected chi connectivity index (χ1v) is 14.5. The second kappa shape index (κ2) is 10.0. The lowest BCUT2D eigenvalue weighted by Gasteiger charge is -2.30.